The molecule has 0 unspecified atom stereocenters. The van der Waals surface area contributed by atoms with E-state index in [4.69, 9.17) is 14.4 Å². The average molecular weight is 581 g/mol. The maximum atomic E-state index is 6.84. The summed E-state index contributed by atoms with van der Waals surface area (Å²) in [5, 5.41) is 3.96. The molecule has 5 aromatic rings. The largest absolute Gasteiger partial charge is 0.454 e. The Morgan fingerprint density at radius 2 is 1.39 bits per heavy atom. The van der Waals surface area contributed by atoms with Gasteiger partial charge in [-0.25, -0.2) is 14.5 Å². The van der Waals surface area contributed by atoms with Gasteiger partial charge in [-0.05, 0) is 27.8 Å². The number of hydrogen-bond donors (Lipinski definition) is 0. The zero-order valence-corrected chi connectivity index (χ0v) is 29.0. The van der Waals surface area contributed by atoms with Gasteiger partial charge in [0.1, 0.15) is 31.7 Å². The number of benzene rings is 2. The van der Waals surface area contributed by atoms with Gasteiger partial charge in [-0.1, -0.05) is 98.1 Å². The van der Waals surface area contributed by atoms with Crippen LogP contribution in [0.1, 0.15) is 47.1 Å². The predicted molar refractivity (Wildman–Crippen MR) is 180 cm³/mol. The second kappa shape index (κ2) is 9.74. The van der Waals surface area contributed by atoms with Crippen LogP contribution in [0.25, 0.3) is 44.3 Å². The maximum Gasteiger partial charge on any atom is 0.216 e. The minimum atomic E-state index is -2.05. The van der Waals surface area contributed by atoms with Crippen LogP contribution in [0.5, 0.6) is 0 Å². The smallest absolute Gasteiger partial charge is 0.216 e. The number of aryl methyl sites for hydroxylation is 2. The number of furan rings is 1. The number of aromatic nitrogens is 3. The lowest BCUT2D eigenvalue weighted by Gasteiger charge is -2.47. The molecule has 0 bridgehead atoms. The number of pyridine rings is 1. The van der Waals surface area contributed by atoms with Gasteiger partial charge in [0.25, 0.3) is 0 Å². The predicted octanol–water partition coefficient (Wildman–Crippen LogP) is 8.27. The van der Waals surface area contributed by atoms with Crippen molar-refractivity contribution in [1.82, 2.24) is 9.97 Å². The Kier molecular flexibility index (Phi) is 6.98. The minimum Gasteiger partial charge on any atom is -0.454 e. The highest BCUT2D eigenvalue weighted by atomic mass is 28.3. The normalized spacial score (nSPS) is 13.4. The topological polar surface area (TPSA) is 42.8 Å². The van der Waals surface area contributed by atoms with E-state index in [2.05, 4.69) is 135 Å². The number of fused-ring (bicyclic) bond motifs is 3. The van der Waals surface area contributed by atoms with Crippen molar-refractivity contribution in [3.05, 3.63) is 66.6 Å². The summed E-state index contributed by atoms with van der Waals surface area (Å²) in [5.74, 6) is 0. The second-order valence-corrected chi connectivity index (χ2v) is 25.8. The molecule has 41 heavy (non-hydrogen) atoms. The number of nitrogens with zero attached hydrogens (tertiary/aromatic N) is 3. The molecule has 0 saturated heterocycles. The fourth-order valence-electron chi connectivity index (χ4n) is 6.31. The van der Waals surface area contributed by atoms with E-state index in [1.807, 2.05) is 12.4 Å². The highest BCUT2D eigenvalue weighted by Crippen LogP contribution is 2.50. The van der Waals surface area contributed by atoms with E-state index < -0.39 is 16.1 Å². The molecule has 5 rings (SSSR count). The molecule has 0 aliphatic rings. The lowest BCUT2D eigenvalue weighted by Crippen LogP contribution is -2.61. The van der Waals surface area contributed by atoms with Crippen molar-refractivity contribution in [3.8, 4) is 22.4 Å². The Labute approximate surface area is 247 Å². The van der Waals surface area contributed by atoms with Gasteiger partial charge in [0.15, 0.2) is 6.20 Å². The molecule has 3 heterocycles. The summed E-state index contributed by atoms with van der Waals surface area (Å²) in [4.78, 5) is 10.1. The minimum absolute atomic E-state index is 0.128. The molecule has 3 aromatic heterocycles. The molecule has 0 atom stereocenters. The van der Waals surface area contributed by atoms with Gasteiger partial charge in [0, 0.05) is 46.4 Å². The monoisotopic (exact) mass is 580 g/mol. The van der Waals surface area contributed by atoms with Crippen LogP contribution >= 0.6 is 0 Å². The summed E-state index contributed by atoms with van der Waals surface area (Å²) in [7, 11) is -1.41. The first kappa shape index (κ1) is 29.4. The standard InChI is InChI=1S/C35H46N3OSi2/c1-23-16-17-28-27-15-13-14-26(24-21-36-33(37-22-24)41(12,34(2,3)4)35(5,6)7)31(27)39-32(28)30(23)29-20-25(40(9,10)11)18-19-38(29)8/h13-22H,1-12H3/q+1. The first-order valence-corrected chi connectivity index (χ1v) is 20.7. The molecule has 0 aliphatic heterocycles. The van der Waals surface area contributed by atoms with Crippen LogP contribution in [0.2, 0.25) is 36.3 Å². The summed E-state index contributed by atoms with van der Waals surface area (Å²) in [6.45, 7) is 25.9. The van der Waals surface area contributed by atoms with Crippen LogP contribution in [0, 0.1) is 6.92 Å². The van der Waals surface area contributed by atoms with Gasteiger partial charge in [-0.3, -0.25) is 0 Å². The van der Waals surface area contributed by atoms with Crippen molar-refractivity contribution in [3.63, 3.8) is 0 Å². The van der Waals surface area contributed by atoms with Gasteiger partial charge in [-0.2, -0.15) is 0 Å². The molecule has 214 valence electrons. The first-order chi connectivity index (χ1) is 18.9. The third-order valence-corrected chi connectivity index (χ3v) is 18.8. The fraction of sp³-hybridized carbons (Fsp3) is 0.400. The first-order valence-electron chi connectivity index (χ1n) is 14.7. The number of para-hydroxylation sites is 1. The van der Waals surface area contributed by atoms with E-state index in [0.29, 0.717) is 0 Å². The quantitative estimate of drug-likeness (QED) is 0.159. The molecule has 0 fully saturated rings. The summed E-state index contributed by atoms with van der Waals surface area (Å²) in [6, 6.07) is 15.5. The molecule has 0 N–H and O–H groups in total. The lowest BCUT2D eigenvalue weighted by molar-refractivity contribution is -0.660. The van der Waals surface area contributed by atoms with Crippen molar-refractivity contribution in [2.75, 3.05) is 0 Å². The third-order valence-electron chi connectivity index (χ3n) is 9.56. The van der Waals surface area contributed by atoms with Gasteiger partial charge < -0.3 is 4.42 Å². The Hall–Kier alpha value is -3.10. The highest BCUT2D eigenvalue weighted by Gasteiger charge is 2.52. The van der Waals surface area contributed by atoms with Gasteiger partial charge in [0.2, 0.25) is 5.69 Å². The summed E-state index contributed by atoms with van der Waals surface area (Å²) in [6.07, 6.45) is 6.22. The summed E-state index contributed by atoms with van der Waals surface area (Å²) in [5.41, 5.74) is 8.43. The summed E-state index contributed by atoms with van der Waals surface area (Å²) < 4.78 is 9.06. The highest BCUT2D eigenvalue weighted by molar-refractivity contribution is 6.94. The molecule has 0 spiro atoms. The molecule has 6 heteroatoms. The molecular weight excluding hydrogens is 535 g/mol. The van der Waals surface area contributed by atoms with Crippen molar-refractivity contribution in [1.29, 1.82) is 0 Å². The molecule has 0 radical (unpaired) electrons. The Morgan fingerprint density at radius 3 is 1.98 bits per heavy atom. The van der Waals surface area contributed by atoms with Crippen molar-refractivity contribution >= 4 is 48.7 Å². The van der Waals surface area contributed by atoms with Crippen LogP contribution in [0.3, 0.4) is 0 Å². The lowest BCUT2D eigenvalue weighted by atomic mass is 9.99. The van der Waals surface area contributed by atoms with Crippen molar-refractivity contribution in [2.24, 2.45) is 7.05 Å². The molecular formula is C35H46N3OSi2+. The molecule has 4 nitrogen and oxygen atoms in total. The van der Waals surface area contributed by atoms with E-state index in [-0.39, 0.29) is 10.1 Å². The summed E-state index contributed by atoms with van der Waals surface area (Å²) >= 11 is 0. The van der Waals surface area contributed by atoms with E-state index in [9.17, 15) is 0 Å². The zero-order chi connectivity index (χ0) is 30.1. The third kappa shape index (κ3) is 4.79. The van der Waals surface area contributed by atoms with Crippen LogP contribution < -0.4 is 15.2 Å². The van der Waals surface area contributed by atoms with E-state index in [0.717, 1.165) is 44.1 Å². The van der Waals surface area contributed by atoms with Gasteiger partial charge >= 0.3 is 0 Å². The Morgan fingerprint density at radius 1 is 0.780 bits per heavy atom. The molecule has 0 amide bonds. The van der Waals surface area contributed by atoms with Crippen LogP contribution in [-0.4, -0.2) is 26.1 Å². The van der Waals surface area contributed by atoms with Crippen LogP contribution in [0.4, 0.5) is 0 Å². The molecule has 2 aromatic carbocycles. The van der Waals surface area contributed by atoms with Crippen molar-refractivity contribution in [2.45, 2.75) is 84.7 Å². The Bertz CT molecular complexity index is 1750. The maximum absolute atomic E-state index is 6.84. The number of rotatable bonds is 4. The second-order valence-electron chi connectivity index (χ2n) is 15.0. The van der Waals surface area contributed by atoms with Crippen LogP contribution in [0.15, 0.2) is 65.5 Å². The average Bonchev–Trinajstić information content (AvgIpc) is 3.25. The van der Waals surface area contributed by atoms with E-state index in [1.54, 1.807) is 0 Å². The Balaban J connectivity index is 1.70. The van der Waals surface area contributed by atoms with E-state index in [1.165, 1.54) is 16.4 Å². The SMILES string of the molecule is Cc1ccc2c(oc3c(-c4cnc([Si](C)(C(C)(C)C)C(C)(C)C)nc4)cccc32)c1-c1cc([Si](C)(C)C)cc[n+]1C. The van der Waals surface area contributed by atoms with Crippen molar-refractivity contribution < 1.29 is 8.98 Å². The zero-order valence-electron chi connectivity index (χ0n) is 27.0. The van der Waals surface area contributed by atoms with Gasteiger partial charge in [0.05, 0.1) is 13.6 Å². The number of hydrogen-bond acceptors (Lipinski definition) is 3. The molecule has 0 saturated carbocycles. The fourth-order valence-corrected chi connectivity index (χ4v) is 11.7. The van der Waals surface area contributed by atoms with E-state index >= 15 is 0 Å². The van der Waals surface area contributed by atoms with Crippen LogP contribution in [-0.2, 0) is 7.05 Å². The van der Waals surface area contributed by atoms with Gasteiger partial charge in [-0.15, -0.1) is 0 Å². The molecule has 0 aliphatic carbocycles.